The molecular weight excluding hydrogens is 330 g/mol. The second-order valence-electron chi connectivity index (χ2n) is 6.21. The fraction of sp³-hybridized carbons (Fsp3) is 0.333. The van der Waals surface area contributed by atoms with E-state index in [1.54, 1.807) is 6.92 Å². The van der Waals surface area contributed by atoms with Gasteiger partial charge in [-0.05, 0) is 37.6 Å². The summed E-state index contributed by atoms with van der Waals surface area (Å²) in [5.74, 6) is 1.70. The van der Waals surface area contributed by atoms with Crippen molar-refractivity contribution in [2.75, 3.05) is 6.61 Å². The molecule has 0 fully saturated rings. The Bertz CT molecular complexity index is 856. The molecule has 26 heavy (non-hydrogen) atoms. The van der Waals surface area contributed by atoms with Crippen LogP contribution < -0.4 is 0 Å². The fourth-order valence-electron chi connectivity index (χ4n) is 2.62. The molecule has 0 spiro atoms. The van der Waals surface area contributed by atoms with Crippen LogP contribution >= 0.6 is 0 Å². The van der Waals surface area contributed by atoms with E-state index in [2.05, 4.69) is 11.1 Å². The number of hydrogen-bond donors (Lipinski definition) is 0. The molecular formula is C21H23NO4. The summed E-state index contributed by atoms with van der Waals surface area (Å²) in [5.41, 5.74) is 1.86. The van der Waals surface area contributed by atoms with Crippen molar-refractivity contribution >= 4 is 16.7 Å². The first kappa shape index (κ1) is 18.3. The minimum absolute atomic E-state index is 0.187. The maximum absolute atomic E-state index is 10.9. The molecule has 0 aliphatic carbocycles. The van der Waals surface area contributed by atoms with Gasteiger partial charge in [0.1, 0.15) is 30.5 Å². The number of rotatable bonds is 10. The Hall–Kier alpha value is -2.50. The third kappa shape index (κ3) is 5.51. The van der Waals surface area contributed by atoms with Crippen molar-refractivity contribution in [3.8, 4) is 0 Å². The number of carbonyl (C=O) groups is 1. The van der Waals surface area contributed by atoms with Crippen molar-refractivity contribution in [1.29, 1.82) is 0 Å². The number of benzene rings is 1. The van der Waals surface area contributed by atoms with E-state index in [-0.39, 0.29) is 5.78 Å². The molecule has 0 saturated heterocycles. The van der Waals surface area contributed by atoms with Crippen molar-refractivity contribution in [2.24, 2.45) is 0 Å². The molecule has 3 aromatic rings. The highest BCUT2D eigenvalue weighted by Gasteiger charge is 2.04. The molecule has 0 radical (unpaired) electrons. The molecule has 0 aliphatic heterocycles. The molecule has 2 heterocycles. The maximum atomic E-state index is 10.9. The smallest absolute Gasteiger partial charge is 0.130 e. The predicted octanol–water partition coefficient (Wildman–Crippen LogP) is 4.43. The summed E-state index contributed by atoms with van der Waals surface area (Å²) in [6.07, 6.45) is 1.30. The van der Waals surface area contributed by atoms with E-state index >= 15 is 0 Å². The predicted molar refractivity (Wildman–Crippen MR) is 98.5 cm³/mol. The quantitative estimate of drug-likeness (QED) is 0.505. The molecule has 3 rings (SSSR count). The number of aromatic nitrogens is 1. The van der Waals surface area contributed by atoms with Gasteiger partial charge in [0.2, 0.25) is 0 Å². The number of ketones is 1. The van der Waals surface area contributed by atoms with Crippen LogP contribution in [0.3, 0.4) is 0 Å². The van der Waals surface area contributed by atoms with Crippen LogP contribution in [-0.2, 0) is 34.1 Å². The lowest BCUT2D eigenvalue weighted by Gasteiger charge is -2.04. The van der Waals surface area contributed by atoms with E-state index in [0.717, 1.165) is 34.5 Å². The van der Waals surface area contributed by atoms with E-state index in [9.17, 15) is 4.79 Å². The Morgan fingerprint density at radius 2 is 1.73 bits per heavy atom. The summed E-state index contributed by atoms with van der Waals surface area (Å²) in [5, 5.41) is 1.12. The first-order chi connectivity index (χ1) is 12.7. The average molecular weight is 353 g/mol. The van der Waals surface area contributed by atoms with E-state index in [1.165, 1.54) is 0 Å². The zero-order valence-corrected chi connectivity index (χ0v) is 14.9. The third-order valence-electron chi connectivity index (χ3n) is 3.93. The molecule has 1 aromatic carbocycles. The molecule has 136 valence electrons. The monoisotopic (exact) mass is 353 g/mol. The molecule has 5 nitrogen and oxygen atoms in total. The van der Waals surface area contributed by atoms with Crippen molar-refractivity contribution in [2.45, 2.75) is 39.6 Å². The number of furan rings is 1. The summed E-state index contributed by atoms with van der Waals surface area (Å²) >= 11 is 0. The second kappa shape index (κ2) is 9.27. The lowest BCUT2D eigenvalue weighted by molar-refractivity contribution is -0.117. The second-order valence-corrected chi connectivity index (χ2v) is 6.21. The number of pyridine rings is 1. The van der Waals surface area contributed by atoms with Crippen LogP contribution in [-0.4, -0.2) is 17.4 Å². The summed E-state index contributed by atoms with van der Waals surface area (Å²) < 4.78 is 16.9. The molecule has 0 saturated carbocycles. The van der Waals surface area contributed by atoms with Crippen LogP contribution in [0.1, 0.15) is 37.0 Å². The van der Waals surface area contributed by atoms with Crippen LogP contribution in [0.25, 0.3) is 10.9 Å². The van der Waals surface area contributed by atoms with Crippen molar-refractivity contribution in [1.82, 2.24) is 4.98 Å². The Labute approximate surface area is 152 Å². The van der Waals surface area contributed by atoms with Crippen molar-refractivity contribution in [3.63, 3.8) is 0 Å². The van der Waals surface area contributed by atoms with E-state index in [0.29, 0.717) is 32.8 Å². The Morgan fingerprint density at radius 3 is 2.54 bits per heavy atom. The number of ether oxygens (including phenoxy) is 2. The topological polar surface area (TPSA) is 61.6 Å². The van der Waals surface area contributed by atoms with Gasteiger partial charge in [-0.3, -0.25) is 4.98 Å². The van der Waals surface area contributed by atoms with Gasteiger partial charge in [-0.25, -0.2) is 0 Å². The fourth-order valence-corrected chi connectivity index (χ4v) is 2.62. The van der Waals surface area contributed by atoms with Crippen LogP contribution in [0.4, 0.5) is 0 Å². The average Bonchev–Trinajstić information content (AvgIpc) is 3.09. The summed E-state index contributed by atoms with van der Waals surface area (Å²) in [6, 6.07) is 15.8. The number of para-hydroxylation sites is 1. The van der Waals surface area contributed by atoms with Gasteiger partial charge in [-0.15, -0.1) is 0 Å². The van der Waals surface area contributed by atoms with Gasteiger partial charge in [-0.1, -0.05) is 24.3 Å². The standard InChI is InChI=1S/C21H23NO4/c1-16(23)5-4-12-24-14-19-10-11-20(26-19)15-25-13-18-9-8-17-6-2-3-7-21(17)22-18/h2-3,6-11H,4-5,12-15H2,1H3. The lowest BCUT2D eigenvalue weighted by atomic mass is 10.2. The zero-order chi connectivity index (χ0) is 18.2. The van der Waals surface area contributed by atoms with Gasteiger partial charge in [0, 0.05) is 18.4 Å². The highest BCUT2D eigenvalue weighted by atomic mass is 16.5. The Balaban J connectivity index is 1.40. The first-order valence-electron chi connectivity index (χ1n) is 8.78. The molecule has 0 amide bonds. The summed E-state index contributed by atoms with van der Waals surface area (Å²) in [4.78, 5) is 15.4. The largest absolute Gasteiger partial charge is 0.461 e. The van der Waals surface area contributed by atoms with E-state index < -0.39 is 0 Å². The van der Waals surface area contributed by atoms with Crippen LogP contribution in [0, 0.1) is 0 Å². The van der Waals surface area contributed by atoms with E-state index in [4.69, 9.17) is 13.9 Å². The molecule has 5 heteroatoms. The highest BCUT2D eigenvalue weighted by Crippen LogP contribution is 2.14. The molecule has 2 aromatic heterocycles. The normalized spacial score (nSPS) is 11.1. The van der Waals surface area contributed by atoms with Crippen molar-refractivity contribution < 1.29 is 18.7 Å². The molecule has 0 N–H and O–H groups in total. The minimum Gasteiger partial charge on any atom is -0.461 e. The molecule has 0 aliphatic rings. The number of fused-ring (bicyclic) bond motifs is 1. The van der Waals surface area contributed by atoms with Crippen LogP contribution in [0.5, 0.6) is 0 Å². The maximum Gasteiger partial charge on any atom is 0.130 e. The van der Waals surface area contributed by atoms with Gasteiger partial charge >= 0.3 is 0 Å². The van der Waals surface area contributed by atoms with E-state index in [1.807, 2.05) is 42.5 Å². The number of carbonyl (C=O) groups excluding carboxylic acids is 1. The zero-order valence-electron chi connectivity index (χ0n) is 14.9. The SMILES string of the molecule is CC(=O)CCCOCc1ccc(COCc2ccc3ccccc3n2)o1. The van der Waals surface area contributed by atoms with Gasteiger partial charge in [0.15, 0.2) is 0 Å². The van der Waals surface area contributed by atoms with Crippen LogP contribution in [0.2, 0.25) is 0 Å². The van der Waals surface area contributed by atoms with Crippen LogP contribution in [0.15, 0.2) is 52.9 Å². The minimum atomic E-state index is 0.187. The Morgan fingerprint density at radius 1 is 0.962 bits per heavy atom. The first-order valence-corrected chi connectivity index (χ1v) is 8.78. The lowest BCUT2D eigenvalue weighted by Crippen LogP contribution is -1.98. The van der Waals surface area contributed by atoms with Gasteiger partial charge < -0.3 is 18.7 Å². The molecule has 0 bridgehead atoms. The number of Topliss-reactive ketones (excluding diaryl/α,β-unsaturated/α-hetero) is 1. The van der Waals surface area contributed by atoms with Gasteiger partial charge in [0.05, 0.1) is 17.8 Å². The summed E-state index contributed by atoms with van der Waals surface area (Å²) in [6.45, 7) is 3.37. The number of nitrogens with zero attached hydrogens (tertiary/aromatic N) is 1. The van der Waals surface area contributed by atoms with Gasteiger partial charge in [0.25, 0.3) is 0 Å². The Kier molecular flexibility index (Phi) is 6.52. The molecule has 0 atom stereocenters. The van der Waals surface area contributed by atoms with Crippen molar-refractivity contribution in [3.05, 3.63) is 65.7 Å². The molecule has 0 unspecified atom stereocenters. The third-order valence-corrected chi connectivity index (χ3v) is 3.93. The number of hydrogen-bond acceptors (Lipinski definition) is 5. The highest BCUT2D eigenvalue weighted by molar-refractivity contribution is 5.78. The summed E-state index contributed by atoms with van der Waals surface area (Å²) in [7, 11) is 0. The van der Waals surface area contributed by atoms with Gasteiger partial charge in [-0.2, -0.15) is 0 Å².